The van der Waals surface area contributed by atoms with Crippen LogP contribution < -0.4 is 5.01 Å². The maximum atomic E-state index is 2.66. The predicted molar refractivity (Wildman–Crippen MR) is 61.4 cm³/mol. The number of hydrogen-bond donors (Lipinski definition) is 0. The number of hydrazine groups is 1. The summed E-state index contributed by atoms with van der Waals surface area (Å²) >= 11 is 2.66. The third-order valence-corrected chi connectivity index (χ3v) is 3.44. The van der Waals surface area contributed by atoms with Gasteiger partial charge < -0.3 is 0 Å². The van der Waals surface area contributed by atoms with Crippen LogP contribution in [0.25, 0.3) is 0 Å². The van der Waals surface area contributed by atoms with Gasteiger partial charge in [0.25, 0.3) is 0 Å². The van der Waals surface area contributed by atoms with Crippen LogP contribution >= 0.6 is 0 Å². The minimum atomic E-state index is 0.419. The average Bonchev–Trinajstić information content (AvgIpc) is 2.43. The van der Waals surface area contributed by atoms with Crippen LogP contribution in [0.2, 0.25) is 0 Å². The molecule has 1 heterocycles. The van der Waals surface area contributed by atoms with E-state index in [1.54, 1.807) is 0 Å². The van der Waals surface area contributed by atoms with Crippen LogP contribution in [0, 0.1) is 0 Å². The van der Waals surface area contributed by atoms with Crippen LogP contribution in [0.1, 0.15) is 6.92 Å². The van der Waals surface area contributed by atoms with Gasteiger partial charge in [-0.15, -0.1) is 0 Å². The Morgan fingerprint density at radius 1 is 1.21 bits per heavy atom. The maximum absolute atomic E-state index is 2.66. The molecule has 74 valence electrons. The van der Waals surface area contributed by atoms with Crippen molar-refractivity contribution < 1.29 is 0 Å². The van der Waals surface area contributed by atoms with Crippen molar-refractivity contribution >= 4 is 21.7 Å². The fourth-order valence-corrected chi connectivity index (χ4v) is 2.39. The van der Waals surface area contributed by atoms with E-state index in [1.807, 2.05) is 6.07 Å². The van der Waals surface area contributed by atoms with Gasteiger partial charge >= 0.3 is 92.7 Å². The Balaban J connectivity index is 2.32. The summed E-state index contributed by atoms with van der Waals surface area (Å²) in [6.45, 7) is 2.14. The molecule has 0 N–H and O–H groups in total. The van der Waals surface area contributed by atoms with E-state index in [9.17, 15) is 0 Å². The number of likely N-dealkylation sites (N-methyl/N-ethyl adjacent to an activating group) is 1. The third-order valence-electron chi connectivity index (χ3n) is 2.42. The van der Waals surface area contributed by atoms with Crippen molar-refractivity contribution in [3.8, 4) is 0 Å². The van der Waals surface area contributed by atoms with Crippen LogP contribution in [0.15, 0.2) is 42.1 Å². The molecule has 1 aromatic carbocycles. The van der Waals surface area contributed by atoms with Gasteiger partial charge in [-0.3, -0.25) is 0 Å². The molecule has 1 aromatic rings. The summed E-state index contributed by atoms with van der Waals surface area (Å²) in [5, 5.41) is 4.44. The number of rotatable bonds is 1. The molecule has 0 radical (unpaired) electrons. The Bertz CT molecular complexity index is 348. The molecule has 14 heavy (non-hydrogen) atoms. The van der Waals surface area contributed by atoms with Gasteiger partial charge in [0.15, 0.2) is 0 Å². The minimum absolute atomic E-state index is 0.419. The molecule has 0 spiro atoms. The summed E-state index contributed by atoms with van der Waals surface area (Å²) < 4.78 is 0. The van der Waals surface area contributed by atoms with E-state index in [1.165, 1.54) is 11.4 Å². The number of nitrogens with zero attached hydrogens (tertiary/aromatic N) is 2. The monoisotopic (exact) mass is 254 g/mol. The molecular formula is C11H14N2Se. The molecule has 0 fully saturated rings. The predicted octanol–water partition coefficient (Wildman–Crippen LogP) is 1.48. The van der Waals surface area contributed by atoms with Crippen LogP contribution in [-0.4, -0.2) is 33.0 Å². The molecule has 0 aromatic heterocycles. The van der Waals surface area contributed by atoms with Gasteiger partial charge in [-0.25, -0.2) is 0 Å². The second-order valence-electron chi connectivity index (χ2n) is 3.44. The molecule has 1 atom stereocenters. The summed E-state index contributed by atoms with van der Waals surface area (Å²) in [5.41, 5.74) is 2.50. The molecular weight excluding hydrogens is 239 g/mol. The molecule has 1 aliphatic rings. The van der Waals surface area contributed by atoms with Gasteiger partial charge in [0.2, 0.25) is 0 Å². The Kier molecular flexibility index (Phi) is 2.64. The first-order valence-electron chi connectivity index (χ1n) is 4.64. The van der Waals surface area contributed by atoms with E-state index >= 15 is 0 Å². The summed E-state index contributed by atoms with van der Waals surface area (Å²) in [6.07, 6.45) is 2.24. The van der Waals surface area contributed by atoms with Crippen molar-refractivity contribution in [2.45, 2.75) is 11.9 Å². The van der Waals surface area contributed by atoms with E-state index in [4.69, 9.17) is 0 Å². The Morgan fingerprint density at radius 2 is 1.86 bits per heavy atom. The summed E-state index contributed by atoms with van der Waals surface area (Å²) in [4.78, 5) is 0.419. The van der Waals surface area contributed by atoms with E-state index in [2.05, 4.69) is 70.3 Å². The van der Waals surface area contributed by atoms with Crippen molar-refractivity contribution in [3.05, 3.63) is 42.1 Å². The summed E-state index contributed by atoms with van der Waals surface area (Å²) in [6, 6.07) is 10.4. The number of para-hydroxylation sites is 1. The molecule has 2 rings (SSSR count). The Morgan fingerprint density at radius 3 is 2.36 bits per heavy atom. The fourth-order valence-electron chi connectivity index (χ4n) is 1.72. The SMILES string of the molecule is CC1=CC([SeH])N(C)N1c1ccccc1. The number of anilines is 1. The van der Waals surface area contributed by atoms with Gasteiger partial charge in [0, 0.05) is 0 Å². The molecule has 0 bridgehead atoms. The molecule has 0 saturated heterocycles. The van der Waals surface area contributed by atoms with E-state index in [-0.39, 0.29) is 0 Å². The molecule has 0 saturated carbocycles. The van der Waals surface area contributed by atoms with Gasteiger partial charge in [0.05, 0.1) is 0 Å². The summed E-state index contributed by atoms with van der Waals surface area (Å²) in [7, 11) is 2.10. The second kappa shape index (κ2) is 3.77. The zero-order chi connectivity index (χ0) is 10.1. The average molecular weight is 253 g/mol. The van der Waals surface area contributed by atoms with Crippen molar-refractivity contribution in [2.75, 3.05) is 12.1 Å². The standard InChI is InChI=1S/C11H14N2Se/c1-9-8-11(14)12(2)13(9)10-6-4-3-5-7-10/h3-8,11,14H,1-2H3. The van der Waals surface area contributed by atoms with Crippen LogP contribution in [-0.2, 0) is 0 Å². The van der Waals surface area contributed by atoms with Crippen molar-refractivity contribution in [3.63, 3.8) is 0 Å². The zero-order valence-corrected chi connectivity index (χ0v) is 10.3. The zero-order valence-electron chi connectivity index (χ0n) is 8.38. The fraction of sp³-hybridized carbons (Fsp3) is 0.273. The molecule has 1 unspecified atom stereocenters. The van der Waals surface area contributed by atoms with Crippen molar-refractivity contribution in [2.24, 2.45) is 0 Å². The van der Waals surface area contributed by atoms with Gasteiger partial charge in [0.1, 0.15) is 0 Å². The van der Waals surface area contributed by atoms with Gasteiger partial charge in [-0.1, -0.05) is 0 Å². The normalized spacial score (nSPS) is 22.6. The molecule has 0 aliphatic carbocycles. The number of benzene rings is 1. The Labute approximate surface area is 93.0 Å². The van der Waals surface area contributed by atoms with E-state index in [0.29, 0.717) is 4.94 Å². The molecule has 0 amide bonds. The van der Waals surface area contributed by atoms with Crippen molar-refractivity contribution in [1.82, 2.24) is 5.01 Å². The first-order valence-corrected chi connectivity index (χ1v) is 5.73. The first-order chi connectivity index (χ1) is 6.70. The molecule has 3 heteroatoms. The summed E-state index contributed by atoms with van der Waals surface area (Å²) in [5.74, 6) is 0. The Hall–Kier alpha value is -0.761. The third kappa shape index (κ3) is 1.59. The van der Waals surface area contributed by atoms with E-state index < -0.39 is 0 Å². The topological polar surface area (TPSA) is 6.48 Å². The second-order valence-corrected chi connectivity index (χ2v) is 4.55. The molecule has 2 nitrogen and oxygen atoms in total. The van der Waals surface area contributed by atoms with Crippen LogP contribution in [0.3, 0.4) is 0 Å². The van der Waals surface area contributed by atoms with Crippen LogP contribution in [0.4, 0.5) is 5.69 Å². The number of hydrogen-bond acceptors (Lipinski definition) is 2. The quantitative estimate of drug-likeness (QED) is 0.699. The van der Waals surface area contributed by atoms with Crippen LogP contribution in [0.5, 0.6) is 0 Å². The van der Waals surface area contributed by atoms with E-state index in [0.717, 1.165) is 0 Å². The first kappa shape index (κ1) is 9.78. The number of allylic oxidation sites excluding steroid dienone is 1. The van der Waals surface area contributed by atoms with Gasteiger partial charge in [-0.05, 0) is 0 Å². The van der Waals surface area contributed by atoms with Crippen molar-refractivity contribution in [1.29, 1.82) is 0 Å². The van der Waals surface area contributed by atoms with Gasteiger partial charge in [-0.2, -0.15) is 0 Å². The molecule has 1 aliphatic heterocycles.